The van der Waals surface area contributed by atoms with Crippen molar-refractivity contribution in [3.8, 4) is 0 Å². The molecule has 1 amide bonds. The van der Waals surface area contributed by atoms with Crippen LogP contribution in [-0.2, 0) is 9.59 Å². The molecule has 3 heterocycles. The number of amides is 1. The van der Waals surface area contributed by atoms with Gasteiger partial charge in [0.25, 0.3) is 0 Å². The SMILES string of the molecule is O=C(NCC1CC1)[C@@]12CCCN(c3ncccn3)[C@@H]1CN(CC1CC1)C2.O=C(O)C(F)(F)F. The number of fused-ring (bicyclic) bond motifs is 1. The average molecular weight is 470 g/mol. The molecule has 1 aromatic heterocycles. The number of aliphatic carboxylic acids is 1. The highest BCUT2D eigenvalue weighted by molar-refractivity contribution is 5.85. The van der Waals surface area contributed by atoms with E-state index < -0.39 is 12.1 Å². The largest absolute Gasteiger partial charge is 0.490 e. The van der Waals surface area contributed by atoms with Gasteiger partial charge in [-0.25, -0.2) is 14.8 Å². The van der Waals surface area contributed by atoms with E-state index in [4.69, 9.17) is 9.90 Å². The molecule has 0 spiro atoms. The molecule has 11 heteroatoms. The number of carbonyl (C=O) groups is 2. The number of hydrogen-bond donors (Lipinski definition) is 2. The van der Waals surface area contributed by atoms with Gasteiger partial charge in [-0.3, -0.25) is 9.69 Å². The number of carboxylic acids is 1. The maximum absolute atomic E-state index is 13.4. The van der Waals surface area contributed by atoms with E-state index in [2.05, 4.69) is 25.1 Å². The highest BCUT2D eigenvalue weighted by Gasteiger charge is 2.56. The van der Waals surface area contributed by atoms with E-state index in [9.17, 15) is 18.0 Å². The molecule has 5 rings (SSSR count). The highest BCUT2D eigenvalue weighted by atomic mass is 19.4. The molecular formula is C22H30F3N5O3. The molecule has 182 valence electrons. The predicted octanol–water partition coefficient (Wildman–Crippen LogP) is 2.32. The zero-order chi connectivity index (χ0) is 23.6. The number of halogens is 3. The first-order valence-corrected chi connectivity index (χ1v) is 11.5. The zero-order valence-corrected chi connectivity index (χ0v) is 18.4. The fourth-order valence-corrected chi connectivity index (χ4v) is 4.91. The summed E-state index contributed by atoms with van der Waals surface area (Å²) in [5, 5.41) is 10.4. The maximum atomic E-state index is 13.4. The number of aromatic nitrogens is 2. The Morgan fingerprint density at radius 2 is 1.79 bits per heavy atom. The van der Waals surface area contributed by atoms with Crippen LogP contribution in [0.5, 0.6) is 0 Å². The summed E-state index contributed by atoms with van der Waals surface area (Å²) in [5.74, 6) is -0.135. The molecule has 1 aromatic rings. The minimum absolute atomic E-state index is 0.191. The predicted molar refractivity (Wildman–Crippen MR) is 113 cm³/mol. The fraction of sp³-hybridized carbons (Fsp3) is 0.727. The maximum Gasteiger partial charge on any atom is 0.490 e. The van der Waals surface area contributed by atoms with Gasteiger partial charge in [0.15, 0.2) is 0 Å². The summed E-state index contributed by atoms with van der Waals surface area (Å²) in [5.41, 5.74) is -0.304. The van der Waals surface area contributed by atoms with Crippen LogP contribution in [0.3, 0.4) is 0 Å². The summed E-state index contributed by atoms with van der Waals surface area (Å²) in [6, 6.07) is 2.05. The number of carbonyl (C=O) groups excluding carboxylic acids is 1. The second kappa shape index (κ2) is 9.44. The van der Waals surface area contributed by atoms with Gasteiger partial charge in [0, 0.05) is 45.1 Å². The van der Waals surface area contributed by atoms with Gasteiger partial charge in [0.05, 0.1) is 11.5 Å². The van der Waals surface area contributed by atoms with Gasteiger partial charge >= 0.3 is 12.1 Å². The Kier molecular flexibility index (Phi) is 6.78. The average Bonchev–Trinajstić information content (AvgIpc) is 3.70. The molecule has 0 radical (unpaired) electrons. The molecule has 4 fully saturated rings. The van der Waals surface area contributed by atoms with Crippen LogP contribution in [0.2, 0.25) is 0 Å². The minimum Gasteiger partial charge on any atom is -0.475 e. The second-order valence-corrected chi connectivity index (χ2v) is 9.61. The number of piperidine rings is 1. The van der Waals surface area contributed by atoms with E-state index in [1.807, 2.05) is 18.5 Å². The van der Waals surface area contributed by atoms with Crippen LogP contribution in [0.25, 0.3) is 0 Å². The summed E-state index contributed by atoms with van der Waals surface area (Å²) < 4.78 is 31.7. The third-order valence-electron chi connectivity index (χ3n) is 6.94. The number of nitrogens with one attached hydrogen (secondary N) is 1. The normalized spacial score (nSPS) is 27.4. The van der Waals surface area contributed by atoms with Crippen molar-refractivity contribution in [1.82, 2.24) is 20.2 Å². The van der Waals surface area contributed by atoms with E-state index in [0.29, 0.717) is 0 Å². The quantitative estimate of drug-likeness (QED) is 0.660. The van der Waals surface area contributed by atoms with E-state index in [-0.39, 0.29) is 17.4 Å². The molecule has 2 aliphatic carbocycles. The van der Waals surface area contributed by atoms with Gasteiger partial charge in [-0.1, -0.05) is 0 Å². The lowest BCUT2D eigenvalue weighted by Crippen LogP contribution is -2.59. The van der Waals surface area contributed by atoms with Crippen molar-refractivity contribution >= 4 is 17.8 Å². The molecule has 8 nitrogen and oxygen atoms in total. The number of hydrogen-bond acceptors (Lipinski definition) is 6. The minimum atomic E-state index is -5.08. The molecule has 33 heavy (non-hydrogen) atoms. The van der Waals surface area contributed by atoms with Crippen molar-refractivity contribution in [3.05, 3.63) is 18.5 Å². The lowest BCUT2D eigenvalue weighted by molar-refractivity contribution is -0.192. The zero-order valence-electron chi connectivity index (χ0n) is 18.4. The van der Waals surface area contributed by atoms with Crippen molar-refractivity contribution in [2.75, 3.05) is 37.6 Å². The van der Waals surface area contributed by atoms with Crippen molar-refractivity contribution in [1.29, 1.82) is 0 Å². The summed E-state index contributed by atoms with van der Waals surface area (Å²) in [4.78, 5) is 36.1. The monoisotopic (exact) mass is 469 g/mol. The molecular weight excluding hydrogens is 439 g/mol. The Bertz CT molecular complexity index is 847. The molecule has 2 aliphatic heterocycles. The molecule has 4 aliphatic rings. The van der Waals surface area contributed by atoms with Crippen LogP contribution in [0.15, 0.2) is 18.5 Å². The first kappa shape index (κ1) is 23.7. The van der Waals surface area contributed by atoms with Crippen LogP contribution in [0, 0.1) is 17.3 Å². The highest BCUT2D eigenvalue weighted by Crippen LogP contribution is 2.44. The van der Waals surface area contributed by atoms with Crippen molar-refractivity contribution < 1.29 is 27.9 Å². The number of anilines is 1. The van der Waals surface area contributed by atoms with Gasteiger partial charge in [-0.2, -0.15) is 13.2 Å². The van der Waals surface area contributed by atoms with E-state index in [1.165, 1.54) is 25.7 Å². The number of alkyl halides is 3. The number of rotatable bonds is 6. The Balaban J connectivity index is 0.000000325. The fourth-order valence-electron chi connectivity index (χ4n) is 4.91. The number of carboxylic acid groups (broad SMARTS) is 1. The van der Waals surface area contributed by atoms with Gasteiger partial charge in [-0.05, 0) is 56.4 Å². The summed E-state index contributed by atoms with van der Waals surface area (Å²) in [7, 11) is 0. The van der Waals surface area contributed by atoms with Crippen LogP contribution < -0.4 is 10.2 Å². The third kappa shape index (κ3) is 5.74. The summed E-state index contributed by atoms with van der Waals surface area (Å²) in [6.45, 7) is 4.82. The topological polar surface area (TPSA) is 98.7 Å². The van der Waals surface area contributed by atoms with Crippen molar-refractivity contribution in [3.63, 3.8) is 0 Å². The van der Waals surface area contributed by atoms with Crippen molar-refractivity contribution in [2.24, 2.45) is 17.3 Å². The van der Waals surface area contributed by atoms with Crippen LogP contribution in [0.4, 0.5) is 19.1 Å². The van der Waals surface area contributed by atoms with E-state index in [0.717, 1.165) is 63.3 Å². The Labute approximate surface area is 190 Å². The van der Waals surface area contributed by atoms with Crippen LogP contribution in [-0.4, -0.2) is 76.8 Å². The molecule has 2 saturated heterocycles. The Morgan fingerprint density at radius 1 is 1.15 bits per heavy atom. The number of nitrogens with zero attached hydrogens (tertiary/aromatic N) is 4. The van der Waals surface area contributed by atoms with Gasteiger partial charge in [-0.15, -0.1) is 0 Å². The Hall–Kier alpha value is -2.43. The lowest BCUT2D eigenvalue weighted by Gasteiger charge is -2.44. The van der Waals surface area contributed by atoms with Gasteiger partial charge in [0.2, 0.25) is 11.9 Å². The molecule has 0 bridgehead atoms. The summed E-state index contributed by atoms with van der Waals surface area (Å²) in [6.07, 6.45) is 5.80. The number of likely N-dealkylation sites (tertiary alicyclic amines) is 1. The van der Waals surface area contributed by atoms with Gasteiger partial charge < -0.3 is 15.3 Å². The third-order valence-corrected chi connectivity index (χ3v) is 6.94. The molecule has 2 N–H and O–H groups in total. The molecule has 2 atom stereocenters. The van der Waals surface area contributed by atoms with Gasteiger partial charge in [0.1, 0.15) is 0 Å². The first-order chi connectivity index (χ1) is 15.7. The smallest absolute Gasteiger partial charge is 0.475 e. The lowest BCUT2D eigenvalue weighted by atomic mass is 9.74. The van der Waals surface area contributed by atoms with E-state index in [1.54, 1.807) is 0 Å². The van der Waals surface area contributed by atoms with Crippen LogP contribution in [0.1, 0.15) is 38.5 Å². The molecule has 2 saturated carbocycles. The van der Waals surface area contributed by atoms with Crippen molar-refractivity contribution in [2.45, 2.75) is 50.7 Å². The second-order valence-electron chi connectivity index (χ2n) is 9.61. The van der Waals surface area contributed by atoms with Crippen LogP contribution >= 0.6 is 0 Å². The first-order valence-electron chi connectivity index (χ1n) is 11.5. The summed E-state index contributed by atoms with van der Waals surface area (Å²) >= 11 is 0. The molecule has 0 aromatic carbocycles. The van der Waals surface area contributed by atoms with E-state index >= 15 is 0 Å². The standard InChI is InChI=1S/C20H29N5O.C2HF3O2/c26-18(23-11-15-3-4-15)20-7-1-10-25(19-21-8-2-9-22-19)17(20)13-24(14-20)12-16-5-6-16;3-2(4,5)1(6)7/h2,8-9,15-17H,1,3-7,10-14H2,(H,23,26);(H,6,7)/t17-,20-;/m1./s1. The molecule has 0 unspecified atom stereocenters. The Morgan fingerprint density at radius 3 is 2.36 bits per heavy atom.